The maximum Gasteiger partial charge on any atom is 0.321 e. The Morgan fingerprint density at radius 2 is 1.97 bits per heavy atom. The Bertz CT molecular complexity index is 1170. The molecule has 11 nitrogen and oxygen atoms in total. The number of hydrogen-bond donors (Lipinski definition) is 3. The van der Waals surface area contributed by atoms with E-state index in [1.165, 1.54) is 16.8 Å². The van der Waals surface area contributed by atoms with E-state index < -0.39 is 22.0 Å². The first kappa shape index (κ1) is 21.0. The average Bonchev–Trinajstić information content (AvgIpc) is 3.42. The largest absolute Gasteiger partial charge is 0.467 e. The molecule has 0 radical (unpaired) electrons. The van der Waals surface area contributed by atoms with Crippen molar-refractivity contribution in [2.45, 2.75) is 11.4 Å². The van der Waals surface area contributed by atoms with Gasteiger partial charge in [-0.3, -0.25) is 15.0 Å². The number of aromatic amines is 1. The van der Waals surface area contributed by atoms with Gasteiger partial charge in [-0.1, -0.05) is 0 Å². The summed E-state index contributed by atoms with van der Waals surface area (Å²) in [7, 11) is -3.68. The van der Waals surface area contributed by atoms with E-state index in [0.717, 1.165) is 0 Å². The molecule has 4 rings (SSSR count). The molecule has 164 valence electrons. The van der Waals surface area contributed by atoms with Crippen molar-refractivity contribution in [2.75, 3.05) is 32.7 Å². The summed E-state index contributed by atoms with van der Waals surface area (Å²) in [5, 5.41) is 5.34. The molecule has 1 saturated heterocycles. The number of carbonyl (C=O) groups is 2. The van der Waals surface area contributed by atoms with Gasteiger partial charge in [0, 0.05) is 44.0 Å². The fourth-order valence-electron chi connectivity index (χ4n) is 3.41. The Morgan fingerprint density at radius 1 is 1.16 bits per heavy atom. The molecule has 0 atom stereocenters. The molecule has 0 bridgehead atoms. The first-order valence-electron chi connectivity index (χ1n) is 9.68. The summed E-state index contributed by atoms with van der Waals surface area (Å²) < 4.78 is 32.6. The van der Waals surface area contributed by atoms with Gasteiger partial charge < -0.3 is 14.7 Å². The van der Waals surface area contributed by atoms with Gasteiger partial charge in [0.15, 0.2) is 0 Å². The third-order valence-corrected chi connectivity index (χ3v) is 6.92. The fourth-order valence-corrected chi connectivity index (χ4v) is 4.98. The van der Waals surface area contributed by atoms with E-state index in [1.807, 2.05) is 0 Å². The van der Waals surface area contributed by atoms with E-state index in [4.69, 9.17) is 4.42 Å². The lowest BCUT2D eigenvalue weighted by molar-refractivity contribution is -0.121. The molecule has 0 spiro atoms. The summed E-state index contributed by atoms with van der Waals surface area (Å²) in [5.74, 6) is 0.113. The minimum Gasteiger partial charge on any atom is -0.467 e. The highest BCUT2D eigenvalue weighted by atomic mass is 32.2. The Morgan fingerprint density at radius 3 is 2.71 bits per heavy atom. The quantitative estimate of drug-likeness (QED) is 0.500. The molecule has 3 N–H and O–H groups in total. The van der Waals surface area contributed by atoms with E-state index in [9.17, 15) is 18.0 Å². The predicted molar refractivity (Wildman–Crippen MR) is 110 cm³/mol. The lowest BCUT2D eigenvalue weighted by Crippen LogP contribution is -2.52. The second kappa shape index (κ2) is 8.88. The van der Waals surface area contributed by atoms with E-state index in [1.54, 1.807) is 35.4 Å². The number of pyridine rings is 1. The minimum absolute atomic E-state index is 0.000928. The number of rotatable bonds is 6. The Balaban J connectivity index is 1.27. The van der Waals surface area contributed by atoms with E-state index in [-0.39, 0.29) is 31.1 Å². The molecule has 1 aliphatic rings. The highest BCUT2D eigenvalue weighted by Gasteiger charge is 2.31. The molecule has 0 aliphatic carbocycles. The van der Waals surface area contributed by atoms with Gasteiger partial charge in [-0.2, -0.15) is 4.31 Å². The van der Waals surface area contributed by atoms with Crippen molar-refractivity contribution in [1.82, 2.24) is 29.8 Å². The van der Waals surface area contributed by atoms with Crippen LogP contribution in [0, 0.1) is 0 Å². The fraction of sp³-hybridized carbons (Fsp3) is 0.316. The Labute approximate surface area is 178 Å². The third kappa shape index (κ3) is 4.76. The van der Waals surface area contributed by atoms with Gasteiger partial charge in [0.2, 0.25) is 15.9 Å². The summed E-state index contributed by atoms with van der Waals surface area (Å²) >= 11 is 0. The topological polar surface area (TPSA) is 141 Å². The zero-order valence-corrected chi connectivity index (χ0v) is 17.4. The summed E-state index contributed by atoms with van der Waals surface area (Å²) in [5.41, 5.74) is 0.515. The molecule has 1 aliphatic heterocycles. The first-order valence-corrected chi connectivity index (χ1v) is 11.1. The molecule has 12 heteroatoms. The van der Waals surface area contributed by atoms with Gasteiger partial charge in [0.1, 0.15) is 16.3 Å². The number of nitrogens with one attached hydrogen (secondary N) is 3. The number of fused-ring (bicyclic) bond motifs is 1. The smallest absolute Gasteiger partial charge is 0.321 e. The summed E-state index contributed by atoms with van der Waals surface area (Å²) in [4.78, 5) is 32.9. The van der Waals surface area contributed by atoms with E-state index in [2.05, 4.69) is 20.6 Å². The van der Waals surface area contributed by atoms with Crippen LogP contribution in [0.2, 0.25) is 0 Å². The number of H-pyrrole nitrogens is 1. The van der Waals surface area contributed by atoms with Crippen LogP contribution in [0.4, 0.5) is 4.79 Å². The second-order valence-corrected chi connectivity index (χ2v) is 8.95. The zero-order chi connectivity index (χ0) is 21.8. The second-order valence-electron chi connectivity index (χ2n) is 7.04. The van der Waals surface area contributed by atoms with Gasteiger partial charge in [-0.25, -0.2) is 18.2 Å². The molecule has 4 heterocycles. The lowest BCUT2D eigenvalue weighted by Gasteiger charge is -2.33. The summed E-state index contributed by atoms with van der Waals surface area (Å²) in [6.45, 7) is 1.41. The van der Waals surface area contributed by atoms with Crippen LogP contribution in [0.3, 0.4) is 0 Å². The van der Waals surface area contributed by atoms with Crippen LogP contribution >= 0.6 is 0 Å². The number of nitrogens with zero attached hydrogens (tertiary/aromatic N) is 3. The van der Waals surface area contributed by atoms with Crippen molar-refractivity contribution in [3.63, 3.8) is 0 Å². The van der Waals surface area contributed by atoms with Gasteiger partial charge in [-0.15, -0.1) is 0 Å². The maximum atomic E-state index is 13.0. The molecule has 3 amide bonds. The van der Waals surface area contributed by atoms with Crippen molar-refractivity contribution in [3.05, 3.63) is 48.7 Å². The SMILES string of the molecule is O=C(CN1CCN(S(=O)(=O)c2c[nH]c3ncccc23)CC1)NC(=O)NCc1ccco1. The van der Waals surface area contributed by atoms with Crippen molar-refractivity contribution < 1.29 is 22.4 Å². The van der Waals surface area contributed by atoms with Crippen LogP contribution in [0.25, 0.3) is 11.0 Å². The van der Waals surface area contributed by atoms with Gasteiger partial charge in [0.05, 0.1) is 19.4 Å². The number of sulfonamides is 1. The molecule has 3 aromatic rings. The molecule has 1 fully saturated rings. The number of hydrogen-bond acceptors (Lipinski definition) is 7. The number of piperazine rings is 1. The maximum absolute atomic E-state index is 13.0. The Hall–Kier alpha value is -3.22. The van der Waals surface area contributed by atoms with Gasteiger partial charge in [0.25, 0.3) is 0 Å². The molecule has 0 unspecified atom stereocenters. The monoisotopic (exact) mass is 446 g/mol. The molecule has 3 aromatic heterocycles. The van der Waals surface area contributed by atoms with Crippen LogP contribution in [-0.2, 0) is 21.4 Å². The number of carbonyl (C=O) groups excluding carboxylic acids is 2. The van der Waals surface area contributed by atoms with E-state index >= 15 is 0 Å². The zero-order valence-electron chi connectivity index (χ0n) is 16.6. The van der Waals surface area contributed by atoms with Crippen molar-refractivity contribution >= 4 is 33.0 Å². The van der Waals surface area contributed by atoms with E-state index in [0.29, 0.717) is 29.9 Å². The van der Waals surface area contributed by atoms with Crippen LogP contribution in [0.15, 0.2) is 52.2 Å². The van der Waals surface area contributed by atoms with Crippen molar-refractivity contribution in [2.24, 2.45) is 0 Å². The lowest BCUT2D eigenvalue weighted by atomic mass is 10.3. The molecular formula is C19H22N6O5S. The minimum atomic E-state index is -3.68. The van der Waals surface area contributed by atoms with Gasteiger partial charge in [-0.05, 0) is 24.3 Å². The predicted octanol–water partition coefficient (Wildman–Crippen LogP) is 0.488. The molecular weight excluding hydrogens is 424 g/mol. The molecule has 31 heavy (non-hydrogen) atoms. The third-order valence-electron chi connectivity index (χ3n) is 4.99. The highest BCUT2D eigenvalue weighted by Crippen LogP contribution is 2.25. The van der Waals surface area contributed by atoms with Gasteiger partial charge >= 0.3 is 6.03 Å². The van der Waals surface area contributed by atoms with Crippen LogP contribution in [-0.4, -0.2) is 72.3 Å². The standard InChI is InChI=1S/C19H22N6O5S/c26-17(23-19(27)22-11-14-3-2-10-30-14)13-24-6-8-25(9-7-24)31(28,29)16-12-21-18-15(16)4-1-5-20-18/h1-5,10,12H,6-9,11,13H2,(H,20,21)(H2,22,23,26,27). The van der Waals surface area contributed by atoms with Crippen LogP contribution in [0.5, 0.6) is 0 Å². The van der Waals surface area contributed by atoms with Crippen LogP contribution in [0.1, 0.15) is 5.76 Å². The molecule has 0 aromatic carbocycles. The van der Waals surface area contributed by atoms with Crippen LogP contribution < -0.4 is 10.6 Å². The first-order chi connectivity index (χ1) is 14.9. The number of amides is 3. The number of furan rings is 1. The van der Waals surface area contributed by atoms with Crippen molar-refractivity contribution in [1.29, 1.82) is 0 Å². The summed E-state index contributed by atoms with van der Waals surface area (Å²) in [6, 6.07) is 6.20. The normalized spacial score (nSPS) is 15.7. The number of urea groups is 1. The highest BCUT2D eigenvalue weighted by molar-refractivity contribution is 7.89. The molecule has 0 saturated carbocycles. The summed E-state index contributed by atoms with van der Waals surface area (Å²) in [6.07, 6.45) is 4.54. The number of imide groups is 1. The Kier molecular flexibility index (Phi) is 6.02. The average molecular weight is 446 g/mol. The van der Waals surface area contributed by atoms with Crippen molar-refractivity contribution in [3.8, 4) is 0 Å². The number of aromatic nitrogens is 2.